The molecule has 0 amide bonds. The molecule has 3 N–H and O–H groups in total. The lowest BCUT2D eigenvalue weighted by Crippen LogP contribution is -2.35. The Morgan fingerprint density at radius 2 is 1.71 bits per heavy atom. The Bertz CT molecular complexity index is 1270. The van der Waals surface area contributed by atoms with Gasteiger partial charge >= 0.3 is 0 Å². The molecule has 3 nitrogen and oxygen atoms in total. The van der Waals surface area contributed by atoms with Gasteiger partial charge in [0.1, 0.15) is 5.75 Å². The second-order valence-corrected chi connectivity index (χ2v) is 10.8. The Morgan fingerprint density at radius 1 is 0.941 bits per heavy atom. The third-order valence-electron chi connectivity index (χ3n) is 6.58. The van der Waals surface area contributed by atoms with E-state index in [0.29, 0.717) is 0 Å². The summed E-state index contributed by atoms with van der Waals surface area (Å²) in [7, 11) is 0. The van der Waals surface area contributed by atoms with E-state index >= 15 is 0 Å². The molecule has 0 aliphatic heterocycles. The number of anilines is 1. The molecule has 0 spiro atoms. The summed E-state index contributed by atoms with van der Waals surface area (Å²) in [5, 5.41) is 10.7. The summed E-state index contributed by atoms with van der Waals surface area (Å²) in [6, 6.07) is 14.9. The molecule has 0 saturated carbocycles. The second kappa shape index (κ2) is 10.2. The van der Waals surface area contributed by atoms with E-state index in [1.54, 1.807) is 22.7 Å². The number of unbranched alkanes of at least 4 members (excludes halogenated alkanes) is 4. The van der Waals surface area contributed by atoms with Crippen LogP contribution in [0.25, 0.3) is 20.2 Å². The highest BCUT2D eigenvalue weighted by Crippen LogP contribution is 2.49. The first-order valence-electron chi connectivity index (χ1n) is 12.2. The molecule has 0 bridgehead atoms. The number of hydrogen-bond donors (Lipinski definition) is 2. The van der Waals surface area contributed by atoms with Gasteiger partial charge in [-0.1, -0.05) is 63.0 Å². The van der Waals surface area contributed by atoms with Gasteiger partial charge in [-0.3, -0.25) is 0 Å². The highest BCUT2D eigenvalue weighted by molar-refractivity contribution is 7.19. The SMILES string of the molecule is CCCCCCCOc1c2ccsc2c(C2(Nc3ccccc3)C=CC(N)=CC2)c2ccsc12. The van der Waals surface area contributed by atoms with Gasteiger partial charge in [0, 0.05) is 32.4 Å². The molecule has 2 aromatic carbocycles. The number of nitrogens with two attached hydrogens (primary N) is 1. The van der Waals surface area contributed by atoms with Crippen LogP contribution in [0.4, 0.5) is 5.69 Å². The number of fused-ring (bicyclic) bond motifs is 2. The van der Waals surface area contributed by atoms with Crippen LogP contribution >= 0.6 is 22.7 Å². The van der Waals surface area contributed by atoms with Crippen molar-refractivity contribution in [1.82, 2.24) is 0 Å². The van der Waals surface area contributed by atoms with Gasteiger partial charge in [0.15, 0.2) is 0 Å². The summed E-state index contributed by atoms with van der Waals surface area (Å²) in [6.07, 6.45) is 13.4. The van der Waals surface area contributed by atoms with Gasteiger partial charge in [0.2, 0.25) is 0 Å². The molecule has 5 heteroatoms. The highest BCUT2D eigenvalue weighted by Gasteiger charge is 2.35. The van der Waals surface area contributed by atoms with Gasteiger partial charge in [-0.2, -0.15) is 0 Å². The molecule has 4 aromatic rings. The zero-order chi connectivity index (χ0) is 23.4. The summed E-state index contributed by atoms with van der Waals surface area (Å²) in [4.78, 5) is 0. The van der Waals surface area contributed by atoms with Gasteiger partial charge < -0.3 is 15.8 Å². The fourth-order valence-electron chi connectivity index (χ4n) is 4.85. The number of ether oxygens (including phenoxy) is 1. The summed E-state index contributed by atoms with van der Waals surface area (Å²) < 4.78 is 9.01. The van der Waals surface area contributed by atoms with E-state index in [1.165, 1.54) is 51.4 Å². The van der Waals surface area contributed by atoms with E-state index in [9.17, 15) is 0 Å². The molecule has 0 fully saturated rings. The van der Waals surface area contributed by atoms with Crippen molar-refractivity contribution in [1.29, 1.82) is 0 Å². The van der Waals surface area contributed by atoms with Crippen molar-refractivity contribution in [2.45, 2.75) is 51.0 Å². The number of rotatable bonds is 10. The summed E-state index contributed by atoms with van der Waals surface area (Å²) in [6.45, 7) is 3.03. The van der Waals surface area contributed by atoms with E-state index in [1.807, 2.05) is 6.08 Å². The van der Waals surface area contributed by atoms with E-state index in [0.717, 1.165) is 36.6 Å². The van der Waals surface area contributed by atoms with Crippen LogP contribution in [0, 0.1) is 0 Å². The van der Waals surface area contributed by atoms with Crippen LogP contribution in [-0.2, 0) is 5.54 Å². The topological polar surface area (TPSA) is 47.3 Å². The first kappa shape index (κ1) is 23.0. The summed E-state index contributed by atoms with van der Waals surface area (Å²) >= 11 is 3.57. The van der Waals surface area contributed by atoms with Crippen LogP contribution in [0.5, 0.6) is 5.75 Å². The first-order valence-corrected chi connectivity index (χ1v) is 14.0. The van der Waals surface area contributed by atoms with Gasteiger partial charge in [0.05, 0.1) is 16.8 Å². The predicted octanol–water partition coefficient (Wildman–Crippen LogP) is 8.58. The normalized spacial score (nSPS) is 17.9. The van der Waals surface area contributed by atoms with Crippen LogP contribution < -0.4 is 15.8 Å². The Balaban J connectivity index is 1.58. The molecular formula is C29H32N2OS2. The maximum Gasteiger partial charge on any atom is 0.145 e. The lowest BCUT2D eigenvalue weighted by molar-refractivity contribution is 0.311. The quantitative estimate of drug-likeness (QED) is 0.220. The second-order valence-electron chi connectivity index (χ2n) is 9.00. The van der Waals surface area contributed by atoms with Crippen molar-refractivity contribution in [3.8, 4) is 5.75 Å². The Labute approximate surface area is 209 Å². The Morgan fingerprint density at radius 3 is 2.47 bits per heavy atom. The minimum absolute atomic E-state index is 0.384. The smallest absolute Gasteiger partial charge is 0.145 e. The van der Waals surface area contributed by atoms with Crippen molar-refractivity contribution < 1.29 is 4.74 Å². The molecule has 0 saturated heterocycles. The van der Waals surface area contributed by atoms with Gasteiger partial charge in [-0.15, -0.1) is 22.7 Å². The van der Waals surface area contributed by atoms with Gasteiger partial charge in [0.25, 0.3) is 0 Å². The number of benzene rings is 2. The van der Waals surface area contributed by atoms with Crippen molar-refractivity contribution >= 4 is 48.5 Å². The molecule has 176 valence electrons. The van der Waals surface area contributed by atoms with Crippen molar-refractivity contribution in [2.75, 3.05) is 11.9 Å². The highest BCUT2D eigenvalue weighted by atomic mass is 32.1. The molecule has 2 heterocycles. The molecule has 1 aliphatic carbocycles. The lowest BCUT2D eigenvalue weighted by Gasteiger charge is -2.36. The average molecular weight is 489 g/mol. The van der Waals surface area contributed by atoms with Crippen molar-refractivity contribution in [3.63, 3.8) is 0 Å². The van der Waals surface area contributed by atoms with Crippen molar-refractivity contribution in [2.24, 2.45) is 5.73 Å². The fourth-order valence-corrected chi connectivity index (χ4v) is 6.80. The number of thiophene rings is 2. The minimum atomic E-state index is -0.384. The molecule has 5 rings (SSSR count). The Hall–Kier alpha value is -2.76. The molecule has 34 heavy (non-hydrogen) atoms. The van der Waals surface area contributed by atoms with Gasteiger partial charge in [-0.05, 0) is 53.9 Å². The van der Waals surface area contributed by atoms with E-state index < -0.39 is 0 Å². The van der Waals surface area contributed by atoms with Crippen LogP contribution in [0.2, 0.25) is 0 Å². The van der Waals surface area contributed by atoms with Crippen LogP contribution in [0.3, 0.4) is 0 Å². The predicted molar refractivity (Wildman–Crippen MR) is 149 cm³/mol. The maximum absolute atomic E-state index is 6.49. The summed E-state index contributed by atoms with van der Waals surface area (Å²) in [5.74, 6) is 1.05. The first-order chi connectivity index (χ1) is 16.7. The van der Waals surface area contributed by atoms with Gasteiger partial charge in [-0.25, -0.2) is 0 Å². The standard InChI is InChI=1S/C29H32N2OS2/c1-2-3-4-5-9-18-32-26-24-15-20-33-27(24)25(23-14-19-34-28(23)26)29(16-12-21(30)13-17-29)31-22-10-7-6-8-11-22/h6-8,10-16,19-20,31H,2-5,9,17-18,30H2,1H3. The molecule has 1 aliphatic rings. The molecule has 1 atom stereocenters. The zero-order valence-corrected chi connectivity index (χ0v) is 21.3. The molecule has 0 radical (unpaired) electrons. The minimum Gasteiger partial charge on any atom is -0.491 e. The van der Waals surface area contributed by atoms with Crippen LogP contribution in [0.1, 0.15) is 51.0 Å². The summed E-state index contributed by atoms with van der Waals surface area (Å²) in [5.41, 5.74) is 9.01. The van der Waals surface area contributed by atoms with Crippen molar-refractivity contribution in [3.05, 3.63) is 82.7 Å². The third-order valence-corrected chi connectivity index (χ3v) is 8.42. The lowest BCUT2D eigenvalue weighted by atomic mass is 9.80. The van der Waals surface area contributed by atoms with E-state index in [-0.39, 0.29) is 5.54 Å². The fraction of sp³-hybridized carbons (Fsp3) is 0.310. The Kier molecular flexibility index (Phi) is 6.93. The van der Waals surface area contributed by atoms with E-state index in [2.05, 4.69) is 77.6 Å². The monoisotopic (exact) mass is 488 g/mol. The molecule has 1 unspecified atom stereocenters. The average Bonchev–Trinajstić information content (AvgIpc) is 3.53. The van der Waals surface area contributed by atoms with E-state index in [4.69, 9.17) is 10.5 Å². The third kappa shape index (κ3) is 4.47. The zero-order valence-electron chi connectivity index (χ0n) is 19.7. The number of para-hydroxylation sites is 1. The number of allylic oxidation sites excluding steroid dienone is 1. The van der Waals surface area contributed by atoms with Crippen LogP contribution in [0.15, 0.2) is 77.1 Å². The molecular weight excluding hydrogens is 456 g/mol. The maximum atomic E-state index is 6.49. The number of hydrogen-bond acceptors (Lipinski definition) is 5. The number of nitrogens with one attached hydrogen (secondary N) is 1. The van der Waals surface area contributed by atoms with Crippen LogP contribution in [-0.4, -0.2) is 6.61 Å². The largest absolute Gasteiger partial charge is 0.491 e. The molecule has 2 aromatic heterocycles.